The molecule has 2 aromatic rings. The largest absolute Gasteiger partial charge is 0.481 e. The summed E-state index contributed by atoms with van der Waals surface area (Å²) in [6.45, 7) is 1.21. The summed E-state index contributed by atoms with van der Waals surface area (Å²) in [5.41, 5.74) is 1.36. The van der Waals surface area contributed by atoms with Crippen LogP contribution < -0.4 is 4.90 Å². The fourth-order valence-corrected chi connectivity index (χ4v) is 2.54. The first kappa shape index (κ1) is 12.3. The van der Waals surface area contributed by atoms with E-state index in [9.17, 15) is 4.79 Å². The standard InChI is InChI=1S/C13H13ClN2O3/c14-9-3-4-10-11(6-9)19-13(15-10)16-5-1-2-8(7-16)12(17)18/h3-4,6,8H,1-2,5,7H2,(H,17,18). The van der Waals surface area contributed by atoms with E-state index in [1.807, 2.05) is 4.90 Å². The molecule has 1 aromatic heterocycles. The van der Waals surface area contributed by atoms with Crippen molar-refractivity contribution in [3.8, 4) is 0 Å². The second kappa shape index (κ2) is 4.74. The highest BCUT2D eigenvalue weighted by Crippen LogP contribution is 2.27. The molecule has 1 N–H and O–H groups in total. The average Bonchev–Trinajstić information content (AvgIpc) is 2.81. The second-order valence-corrected chi connectivity index (χ2v) is 5.17. The number of piperidine rings is 1. The fourth-order valence-electron chi connectivity index (χ4n) is 2.37. The molecule has 0 saturated carbocycles. The fraction of sp³-hybridized carbons (Fsp3) is 0.385. The zero-order valence-corrected chi connectivity index (χ0v) is 10.9. The Labute approximate surface area is 114 Å². The van der Waals surface area contributed by atoms with Gasteiger partial charge in [0.1, 0.15) is 5.52 Å². The Morgan fingerprint density at radius 2 is 2.37 bits per heavy atom. The number of carboxylic acids is 1. The van der Waals surface area contributed by atoms with Crippen LogP contribution >= 0.6 is 11.6 Å². The number of halogens is 1. The number of aromatic nitrogens is 1. The lowest BCUT2D eigenvalue weighted by Crippen LogP contribution is -2.38. The Morgan fingerprint density at radius 1 is 1.53 bits per heavy atom. The van der Waals surface area contributed by atoms with Crippen molar-refractivity contribution in [1.29, 1.82) is 0 Å². The molecular formula is C13H13ClN2O3. The monoisotopic (exact) mass is 280 g/mol. The van der Waals surface area contributed by atoms with Crippen LogP contribution in [-0.2, 0) is 4.79 Å². The van der Waals surface area contributed by atoms with E-state index in [2.05, 4.69) is 4.98 Å². The number of fused-ring (bicyclic) bond motifs is 1. The summed E-state index contributed by atoms with van der Waals surface area (Å²) in [4.78, 5) is 17.3. The van der Waals surface area contributed by atoms with Crippen molar-refractivity contribution in [3.05, 3.63) is 23.2 Å². The molecular weight excluding hydrogens is 268 g/mol. The van der Waals surface area contributed by atoms with Crippen LogP contribution in [0.1, 0.15) is 12.8 Å². The highest BCUT2D eigenvalue weighted by Gasteiger charge is 2.27. The molecule has 19 heavy (non-hydrogen) atoms. The van der Waals surface area contributed by atoms with E-state index >= 15 is 0 Å². The van der Waals surface area contributed by atoms with Crippen LogP contribution in [0, 0.1) is 5.92 Å². The molecule has 1 aromatic carbocycles. The van der Waals surface area contributed by atoms with E-state index in [0.717, 1.165) is 18.5 Å². The van der Waals surface area contributed by atoms with Gasteiger partial charge in [0.2, 0.25) is 0 Å². The summed E-state index contributed by atoms with van der Waals surface area (Å²) >= 11 is 5.90. The first-order chi connectivity index (χ1) is 9.13. The van der Waals surface area contributed by atoms with Gasteiger partial charge in [-0.2, -0.15) is 4.98 Å². The van der Waals surface area contributed by atoms with Crippen LogP contribution in [0.3, 0.4) is 0 Å². The first-order valence-electron chi connectivity index (χ1n) is 6.17. The van der Waals surface area contributed by atoms with Crippen molar-refractivity contribution in [2.24, 2.45) is 5.92 Å². The number of hydrogen-bond donors (Lipinski definition) is 1. The molecule has 0 amide bonds. The molecule has 0 radical (unpaired) electrons. The SMILES string of the molecule is O=C(O)C1CCCN(c2nc3ccc(Cl)cc3o2)C1. The maximum Gasteiger partial charge on any atom is 0.308 e. The lowest BCUT2D eigenvalue weighted by Gasteiger charge is -2.29. The van der Waals surface area contributed by atoms with Crippen LogP contribution in [0.15, 0.2) is 22.6 Å². The van der Waals surface area contributed by atoms with Crippen LogP contribution in [0.2, 0.25) is 5.02 Å². The van der Waals surface area contributed by atoms with Gasteiger partial charge in [-0.15, -0.1) is 0 Å². The number of hydrogen-bond acceptors (Lipinski definition) is 4. The molecule has 1 aliphatic rings. The average molecular weight is 281 g/mol. The van der Waals surface area contributed by atoms with E-state index in [0.29, 0.717) is 29.6 Å². The van der Waals surface area contributed by atoms with Crippen LogP contribution in [-0.4, -0.2) is 29.1 Å². The number of oxazole rings is 1. The summed E-state index contributed by atoms with van der Waals surface area (Å²) < 4.78 is 5.65. The zero-order chi connectivity index (χ0) is 13.4. The van der Waals surface area contributed by atoms with E-state index in [-0.39, 0.29) is 5.92 Å². The molecule has 1 aliphatic heterocycles. The van der Waals surface area contributed by atoms with Gasteiger partial charge < -0.3 is 14.4 Å². The predicted octanol–water partition coefficient (Wildman–Crippen LogP) is 2.78. The number of aliphatic carboxylic acids is 1. The summed E-state index contributed by atoms with van der Waals surface area (Å²) in [5.74, 6) is -1.11. The molecule has 0 aliphatic carbocycles. The third-order valence-corrected chi connectivity index (χ3v) is 3.62. The molecule has 1 saturated heterocycles. The van der Waals surface area contributed by atoms with Gasteiger partial charge in [0.05, 0.1) is 5.92 Å². The van der Waals surface area contributed by atoms with Crippen LogP contribution in [0.4, 0.5) is 6.01 Å². The molecule has 0 spiro atoms. The van der Waals surface area contributed by atoms with Crippen LogP contribution in [0.25, 0.3) is 11.1 Å². The van der Waals surface area contributed by atoms with Gasteiger partial charge in [0.25, 0.3) is 6.01 Å². The van der Waals surface area contributed by atoms with Gasteiger partial charge in [0, 0.05) is 24.2 Å². The summed E-state index contributed by atoms with van der Waals surface area (Å²) in [6, 6.07) is 5.74. The summed E-state index contributed by atoms with van der Waals surface area (Å²) in [6.07, 6.45) is 1.54. The number of benzene rings is 1. The lowest BCUT2D eigenvalue weighted by atomic mass is 9.99. The van der Waals surface area contributed by atoms with E-state index < -0.39 is 5.97 Å². The maximum atomic E-state index is 11.1. The Kier molecular flexibility index (Phi) is 3.06. The number of carboxylic acid groups (broad SMARTS) is 1. The summed E-state index contributed by atoms with van der Waals surface area (Å²) in [5, 5.41) is 9.68. The highest BCUT2D eigenvalue weighted by molar-refractivity contribution is 6.31. The Hall–Kier alpha value is -1.75. The van der Waals surface area contributed by atoms with Gasteiger partial charge in [-0.25, -0.2) is 0 Å². The number of nitrogens with zero attached hydrogens (tertiary/aromatic N) is 2. The predicted molar refractivity (Wildman–Crippen MR) is 71.6 cm³/mol. The molecule has 5 nitrogen and oxygen atoms in total. The number of rotatable bonds is 2. The van der Waals surface area contributed by atoms with E-state index in [1.54, 1.807) is 18.2 Å². The minimum atomic E-state index is -0.760. The van der Waals surface area contributed by atoms with Crippen molar-refractivity contribution in [3.63, 3.8) is 0 Å². The van der Waals surface area contributed by atoms with Crippen molar-refractivity contribution < 1.29 is 14.3 Å². The van der Waals surface area contributed by atoms with Crippen LogP contribution in [0.5, 0.6) is 0 Å². The molecule has 1 fully saturated rings. The second-order valence-electron chi connectivity index (χ2n) is 4.73. The number of carbonyl (C=O) groups is 1. The smallest absolute Gasteiger partial charge is 0.308 e. The molecule has 100 valence electrons. The Balaban J connectivity index is 1.89. The van der Waals surface area contributed by atoms with Crippen molar-refractivity contribution in [2.45, 2.75) is 12.8 Å². The molecule has 0 bridgehead atoms. The molecule has 2 heterocycles. The maximum absolute atomic E-state index is 11.1. The molecule has 1 unspecified atom stereocenters. The third-order valence-electron chi connectivity index (χ3n) is 3.38. The van der Waals surface area contributed by atoms with Gasteiger partial charge >= 0.3 is 5.97 Å². The number of anilines is 1. The topological polar surface area (TPSA) is 66.6 Å². The van der Waals surface area contributed by atoms with Gasteiger partial charge in [0.15, 0.2) is 5.58 Å². The van der Waals surface area contributed by atoms with E-state index in [4.69, 9.17) is 21.1 Å². The Morgan fingerprint density at radius 3 is 3.16 bits per heavy atom. The molecule has 6 heteroatoms. The lowest BCUT2D eigenvalue weighted by molar-refractivity contribution is -0.141. The van der Waals surface area contributed by atoms with Gasteiger partial charge in [-0.05, 0) is 25.0 Å². The zero-order valence-electron chi connectivity index (χ0n) is 10.2. The highest BCUT2D eigenvalue weighted by atomic mass is 35.5. The summed E-state index contributed by atoms with van der Waals surface area (Å²) in [7, 11) is 0. The van der Waals surface area contributed by atoms with Gasteiger partial charge in [-0.3, -0.25) is 4.79 Å². The molecule has 1 atom stereocenters. The van der Waals surface area contributed by atoms with Crippen molar-refractivity contribution >= 4 is 34.7 Å². The minimum Gasteiger partial charge on any atom is -0.481 e. The minimum absolute atomic E-state index is 0.354. The molecule has 3 rings (SSSR count). The van der Waals surface area contributed by atoms with Crippen molar-refractivity contribution in [2.75, 3.05) is 18.0 Å². The quantitative estimate of drug-likeness (QED) is 0.916. The first-order valence-corrected chi connectivity index (χ1v) is 6.55. The third kappa shape index (κ3) is 2.38. The Bertz CT molecular complexity index is 625. The normalized spacial score (nSPS) is 19.8. The van der Waals surface area contributed by atoms with Gasteiger partial charge in [-0.1, -0.05) is 11.6 Å². The van der Waals surface area contributed by atoms with Crippen molar-refractivity contribution in [1.82, 2.24) is 4.98 Å². The van der Waals surface area contributed by atoms with E-state index in [1.165, 1.54) is 0 Å².